The Morgan fingerprint density at radius 3 is 2.71 bits per heavy atom. The van der Waals surface area contributed by atoms with Crippen molar-refractivity contribution in [3.8, 4) is 17.2 Å². The molecule has 0 radical (unpaired) electrons. The largest absolute Gasteiger partial charge is 0.493 e. The van der Waals surface area contributed by atoms with E-state index in [0.29, 0.717) is 6.79 Å². The average Bonchev–Trinajstić information content (AvgIpc) is 3.33. The molecule has 0 amide bonds. The number of hydrogen-bond donors (Lipinski definition) is 0. The van der Waals surface area contributed by atoms with Crippen LogP contribution < -0.4 is 14.2 Å². The quantitative estimate of drug-likeness (QED) is 0.460. The Morgan fingerprint density at radius 1 is 0.912 bits per heavy atom. The molecule has 0 bridgehead atoms. The summed E-state index contributed by atoms with van der Waals surface area (Å²) in [6.45, 7) is 8.03. The molecule has 3 heterocycles. The first-order chi connectivity index (χ1) is 16.8. The Balaban J connectivity index is 0.976. The third-order valence-electron chi connectivity index (χ3n) is 7.53. The summed E-state index contributed by atoms with van der Waals surface area (Å²) in [5, 5.41) is 2.44. The van der Waals surface area contributed by atoms with Crippen LogP contribution in [-0.4, -0.2) is 55.9 Å². The maximum atomic E-state index is 6.17. The van der Waals surface area contributed by atoms with Crippen molar-refractivity contribution in [1.82, 2.24) is 9.80 Å². The molecule has 6 rings (SSSR count). The van der Waals surface area contributed by atoms with Crippen LogP contribution in [0.2, 0.25) is 0 Å². The van der Waals surface area contributed by atoms with Crippen molar-refractivity contribution in [3.05, 3.63) is 65.7 Å². The molecule has 1 saturated heterocycles. The van der Waals surface area contributed by atoms with Gasteiger partial charge in [-0.3, -0.25) is 4.90 Å². The van der Waals surface area contributed by atoms with Gasteiger partial charge in [-0.25, -0.2) is 0 Å². The molecule has 3 aromatic rings. The number of nitrogens with zero attached hydrogens (tertiary/aromatic N) is 2. The highest BCUT2D eigenvalue weighted by molar-refractivity contribution is 5.88. The summed E-state index contributed by atoms with van der Waals surface area (Å²) < 4.78 is 17.3. The first-order valence-corrected chi connectivity index (χ1v) is 12.8. The Labute approximate surface area is 202 Å². The fourth-order valence-corrected chi connectivity index (χ4v) is 5.82. The lowest BCUT2D eigenvalue weighted by molar-refractivity contribution is 0.121. The van der Waals surface area contributed by atoms with Gasteiger partial charge in [0.05, 0.1) is 6.61 Å². The summed E-state index contributed by atoms with van der Waals surface area (Å²) in [6, 6.07) is 19.2. The molecular formula is C29H34N2O3. The summed E-state index contributed by atoms with van der Waals surface area (Å²) in [5.74, 6) is 3.58. The fraction of sp³-hybridized carbons (Fsp3) is 0.448. The van der Waals surface area contributed by atoms with E-state index in [-0.39, 0.29) is 0 Å². The van der Waals surface area contributed by atoms with Gasteiger partial charge in [-0.15, -0.1) is 0 Å². The van der Waals surface area contributed by atoms with Crippen LogP contribution in [0, 0.1) is 5.92 Å². The van der Waals surface area contributed by atoms with E-state index in [2.05, 4.69) is 64.4 Å². The van der Waals surface area contributed by atoms with Crippen LogP contribution in [0.25, 0.3) is 10.8 Å². The molecule has 3 aliphatic heterocycles. The van der Waals surface area contributed by atoms with Crippen LogP contribution in [0.3, 0.4) is 0 Å². The number of piperidine rings is 1. The van der Waals surface area contributed by atoms with Crippen molar-refractivity contribution in [2.45, 2.75) is 32.2 Å². The Hall–Kier alpha value is -2.76. The van der Waals surface area contributed by atoms with E-state index in [0.717, 1.165) is 62.2 Å². The van der Waals surface area contributed by atoms with Gasteiger partial charge >= 0.3 is 0 Å². The van der Waals surface area contributed by atoms with Crippen LogP contribution >= 0.6 is 0 Å². The van der Waals surface area contributed by atoms with Gasteiger partial charge in [0.25, 0.3) is 0 Å². The average molecular weight is 459 g/mol. The van der Waals surface area contributed by atoms with E-state index < -0.39 is 0 Å². The molecular weight excluding hydrogens is 424 g/mol. The normalized spacial score (nSPS) is 20.4. The number of likely N-dealkylation sites (tertiary alicyclic amines) is 1. The molecule has 34 heavy (non-hydrogen) atoms. The smallest absolute Gasteiger partial charge is 0.231 e. The molecule has 1 unspecified atom stereocenters. The van der Waals surface area contributed by atoms with Crippen LogP contribution in [0.15, 0.2) is 54.6 Å². The lowest BCUT2D eigenvalue weighted by Gasteiger charge is -2.37. The number of fused-ring (bicyclic) bond motifs is 3. The summed E-state index contributed by atoms with van der Waals surface area (Å²) in [5.41, 5.74) is 2.84. The molecule has 0 aliphatic carbocycles. The van der Waals surface area contributed by atoms with Crippen molar-refractivity contribution in [3.63, 3.8) is 0 Å². The predicted octanol–water partition coefficient (Wildman–Crippen LogP) is 5.11. The minimum atomic E-state index is 0.354. The molecule has 1 fully saturated rings. The van der Waals surface area contributed by atoms with E-state index in [1.807, 2.05) is 0 Å². The lowest BCUT2D eigenvalue weighted by atomic mass is 9.94. The highest BCUT2D eigenvalue weighted by atomic mass is 16.7. The zero-order valence-corrected chi connectivity index (χ0v) is 19.9. The standard InChI is InChI=1S/C29H34N2O3/c1-2-9-26-23(7-1)8-3-10-27(26)32-15-5-13-30-12-4-6-22(18-30)19-31-14-11-24-16-28-29(34-21-33-28)17-25(24)20-31/h1-3,7-10,16-17,22H,4-6,11-15,18-21H2. The van der Waals surface area contributed by atoms with Gasteiger partial charge in [0.15, 0.2) is 11.5 Å². The Morgan fingerprint density at radius 2 is 1.76 bits per heavy atom. The topological polar surface area (TPSA) is 34.2 Å². The van der Waals surface area contributed by atoms with E-state index in [1.54, 1.807) is 0 Å². The molecule has 0 N–H and O–H groups in total. The monoisotopic (exact) mass is 458 g/mol. The molecule has 178 valence electrons. The van der Waals surface area contributed by atoms with Gasteiger partial charge in [-0.2, -0.15) is 0 Å². The molecule has 0 saturated carbocycles. The van der Waals surface area contributed by atoms with Gasteiger partial charge in [0, 0.05) is 38.1 Å². The van der Waals surface area contributed by atoms with Crippen molar-refractivity contribution >= 4 is 10.8 Å². The van der Waals surface area contributed by atoms with Crippen molar-refractivity contribution < 1.29 is 14.2 Å². The summed E-state index contributed by atoms with van der Waals surface area (Å²) >= 11 is 0. The van der Waals surface area contributed by atoms with Crippen LogP contribution in [-0.2, 0) is 13.0 Å². The molecule has 1 atom stereocenters. The zero-order chi connectivity index (χ0) is 22.7. The number of ether oxygens (including phenoxy) is 3. The van der Waals surface area contributed by atoms with Gasteiger partial charge < -0.3 is 19.1 Å². The van der Waals surface area contributed by atoms with E-state index >= 15 is 0 Å². The molecule has 3 aromatic carbocycles. The number of benzene rings is 3. The second-order valence-corrected chi connectivity index (χ2v) is 9.95. The van der Waals surface area contributed by atoms with E-state index in [1.165, 1.54) is 54.4 Å². The molecule has 0 aromatic heterocycles. The molecule has 0 spiro atoms. The van der Waals surface area contributed by atoms with Crippen LogP contribution in [0.1, 0.15) is 30.4 Å². The molecule has 3 aliphatic rings. The molecule has 5 heteroatoms. The SMILES string of the molecule is c1ccc2c(OCCCN3CCCC(CN4CCc5cc6c(cc5C4)OCO6)C3)cccc2c1. The first-order valence-electron chi connectivity index (χ1n) is 12.8. The summed E-state index contributed by atoms with van der Waals surface area (Å²) in [6.07, 6.45) is 4.82. The third-order valence-corrected chi connectivity index (χ3v) is 7.53. The number of hydrogen-bond acceptors (Lipinski definition) is 5. The highest BCUT2D eigenvalue weighted by Gasteiger charge is 2.26. The zero-order valence-electron chi connectivity index (χ0n) is 19.9. The van der Waals surface area contributed by atoms with Crippen LogP contribution in [0.5, 0.6) is 17.2 Å². The van der Waals surface area contributed by atoms with E-state index in [4.69, 9.17) is 14.2 Å². The van der Waals surface area contributed by atoms with Crippen molar-refractivity contribution in [2.75, 3.05) is 46.1 Å². The van der Waals surface area contributed by atoms with Gasteiger partial charge in [0.2, 0.25) is 6.79 Å². The van der Waals surface area contributed by atoms with Gasteiger partial charge in [0.1, 0.15) is 5.75 Å². The van der Waals surface area contributed by atoms with Crippen molar-refractivity contribution in [2.24, 2.45) is 5.92 Å². The second kappa shape index (κ2) is 9.85. The minimum Gasteiger partial charge on any atom is -0.493 e. The van der Waals surface area contributed by atoms with Crippen molar-refractivity contribution in [1.29, 1.82) is 0 Å². The maximum Gasteiger partial charge on any atom is 0.231 e. The third kappa shape index (κ3) is 4.73. The number of rotatable bonds is 7. The van der Waals surface area contributed by atoms with Gasteiger partial charge in [-0.05, 0) is 72.9 Å². The fourth-order valence-electron chi connectivity index (χ4n) is 5.82. The van der Waals surface area contributed by atoms with E-state index in [9.17, 15) is 0 Å². The van der Waals surface area contributed by atoms with Crippen LogP contribution in [0.4, 0.5) is 0 Å². The Kier molecular flexibility index (Phi) is 6.30. The Bertz CT molecular complexity index is 1140. The predicted molar refractivity (Wildman–Crippen MR) is 135 cm³/mol. The van der Waals surface area contributed by atoms with Gasteiger partial charge in [-0.1, -0.05) is 36.4 Å². The summed E-state index contributed by atoms with van der Waals surface area (Å²) in [4.78, 5) is 5.29. The highest BCUT2D eigenvalue weighted by Crippen LogP contribution is 2.37. The second-order valence-electron chi connectivity index (χ2n) is 9.95. The minimum absolute atomic E-state index is 0.354. The maximum absolute atomic E-state index is 6.17. The molecule has 5 nitrogen and oxygen atoms in total. The lowest BCUT2D eigenvalue weighted by Crippen LogP contribution is -2.42. The summed E-state index contributed by atoms with van der Waals surface area (Å²) in [7, 11) is 0. The first kappa shape index (κ1) is 21.8.